The molecule has 4 aliphatic carbocycles. The number of benzene rings is 1. The average Bonchev–Trinajstić information content (AvgIpc) is 3.55. The second kappa shape index (κ2) is 10.9. The number of allylic oxidation sites excluding steroid dienone is 1. The molecule has 7 rings (SSSR count). The Hall–Kier alpha value is -1.98. The molecule has 42 heavy (non-hydrogen) atoms. The van der Waals surface area contributed by atoms with Gasteiger partial charge in [-0.1, -0.05) is 49.8 Å². The first-order valence-electron chi connectivity index (χ1n) is 17.1. The number of hydrogen-bond acceptors (Lipinski definition) is 4. The van der Waals surface area contributed by atoms with E-state index in [9.17, 15) is 9.59 Å². The Morgan fingerprint density at radius 3 is 2.74 bits per heavy atom. The van der Waals surface area contributed by atoms with E-state index < -0.39 is 0 Å². The predicted octanol–water partition coefficient (Wildman–Crippen LogP) is 6.46. The summed E-state index contributed by atoms with van der Waals surface area (Å²) in [4.78, 5) is 30.2. The van der Waals surface area contributed by atoms with Crippen molar-refractivity contribution in [1.82, 2.24) is 9.80 Å². The van der Waals surface area contributed by atoms with E-state index in [0.29, 0.717) is 35.6 Å². The molecule has 0 N–H and O–H groups in total. The zero-order valence-electron chi connectivity index (χ0n) is 26.4. The Kier molecular flexibility index (Phi) is 7.45. The molecule has 5 fully saturated rings. The average molecular weight is 573 g/mol. The molecule has 9 atom stereocenters. The summed E-state index contributed by atoms with van der Waals surface area (Å²) >= 11 is 0. The van der Waals surface area contributed by atoms with Crippen molar-refractivity contribution < 1.29 is 14.3 Å². The van der Waals surface area contributed by atoms with Crippen molar-refractivity contribution in [2.75, 3.05) is 26.7 Å². The second-order valence-corrected chi connectivity index (χ2v) is 15.5. The first kappa shape index (κ1) is 28.8. The lowest BCUT2D eigenvalue weighted by Gasteiger charge is -2.52. The number of carbonyl (C=O) groups excluding carboxylic acids is 2. The van der Waals surface area contributed by atoms with Crippen molar-refractivity contribution in [2.24, 2.45) is 35.0 Å². The highest BCUT2D eigenvalue weighted by atomic mass is 16.5. The Balaban J connectivity index is 1.07. The Morgan fingerprint density at radius 2 is 1.93 bits per heavy atom. The lowest BCUT2D eigenvalue weighted by molar-refractivity contribution is -0.133. The fourth-order valence-electron chi connectivity index (χ4n) is 10.8. The van der Waals surface area contributed by atoms with Gasteiger partial charge in [0.05, 0.1) is 18.2 Å². The first-order valence-corrected chi connectivity index (χ1v) is 17.1. The molecule has 2 heterocycles. The smallest absolute Gasteiger partial charge is 0.236 e. The minimum absolute atomic E-state index is 0.151. The number of ether oxygens (including phenoxy) is 1. The zero-order valence-corrected chi connectivity index (χ0v) is 26.4. The number of hydrogen-bond donors (Lipinski definition) is 0. The van der Waals surface area contributed by atoms with Crippen LogP contribution in [0, 0.1) is 35.0 Å². The third-order valence-corrected chi connectivity index (χ3v) is 13.3. The molecule has 0 bridgehead atoms. The molecule has 5 heteroatoms. The highest BCUT2D eigenvalue weighted by molar-refractivity contribution is 5.79. The lowest BCUT2D eigenvalue weighted by Crippen LogP contribution is -2.52. The van der Waals surface area contributed by atoms with Gasteiger partial charge in [0.2, 0.25) is 5.91 Å². The summed E-state index contributed by atoms with van der Waals surface area (Å²) in [6, 6.07) is 10.8. The second-order valence-electron chi connectivity index (χ2n) is 15.5. The minimum atomic E-state index is -0.151. The van der Waals surface area contributed by atoms with E-state index in [1.54, 1.807) is 11.1 Å². The van der Waals surface area contributed by atoms with Gasteiger partial charge in [-0.3, -0.25) is 14.5 Å². The van der Waals surface area contributed by atoms with Crippen molar-refractivity contribution >= 4 is 11.7 Å². The van der Waals surface area contributed by atoms with Crippen LogP contribution >= 0.6 is 0 Å². The number of Topliss-reactive ketones (excluding diaryl/α,β-unsaturated/α-hetero) is 1. The largest absolute Gasteiger partial charge is 0.366 e. The van der Waals surface area contributed by atoms with Crippen LogP contribution in [0.2, 0.25) is 0 Å². The van der Waals surface area contributed by atoms with Crippen molar-refractivity contribution in [1.29, 1.82) is 0 Å². The van der Waals surface area contributed by atoms with Crippen LogP contribution < -0.4 is 0 Å². The summed E-state index contributed by atoms with van der Waals surface area (Å²) in [5.74, 6) is 4.11. The molecule has 228 valence electrons. The zero-order chi connectivity index (χ0) is 29.2. The summed E-state index contributed by atoms with van der Waals surface area (Å²) in [7, 11) is 1.96. The number of rotatable bonds is 5. The van der Waals surface area contributed by atoms with Gasteiger partial charge in [0.25, 0.3) is 0 Å². The van der Waals surface area contributed by atoms with Gasteiger partial charge in [0.15, 0.2) is 0 Å². The van der Waals surface area contributed by atoms with Gasteiger partial charge in [-0.05, 0) is 111 Å². The molecule has 1 aromatic carbocycles. The van der Waals surface area contributed by atoms with Crippen molar-refractivity contribution in [3.05, 3.63) is 47.0 Å². The number of piperidine rings is 1. The van der Waals surface area contributed by atoms with E-state index in [4.69, 9.17) is 4.74 Å². The summed E-state index contributed by atoms with van der Waals surface area (Å²) in [6.07, 6.45) is 12.2. The third kappa shape index (κ3) is 4.82. The number of nitrogens with zero attached hydrogens (tertiary/aromatic N) is 2. The number of fused-ring (bicyclic) bond motifs is 6. The summed E-state index contributed by atoms with van der Waals surface area (Å²) < 4.78 is 7.19. The normalized spacial score (nSPS) is 41.3. The van der Waals surface area contributed by atoms with Gasteiger partial charge in [-0.15, -0.1) is 0 Å². The highest BCUT2D eigenvalue weighted by Crippen LogP contribution is 2.65. The summed E-state index contributed by atoms with van der Waals surface area (Å²) in [5, 5.41) is 0. The standard InChI is InChI=1S/C37H52N2O3/c1-24-18-34-33(39(22-24)23-35(41)38(4)17-14-26-8-6-5-7-9-26)21-37(42-34)16-13-29-30-11-10-27-19-28(40)12-15-36(27,3)32(30)20-31(29)25(37)2/h5-9,24,27,29-30,32-34H,10-23H2,1-4H3. The highest BCUT2D eigenvalue weighted by Gasteiger charge is 2.60. The molecule has 3 saturated carbocycles. The van der Waals surface area contributed by atoms with E-state index in [-0.39, 0.29) is 17.6 Å². The quantitative estimate of drug-likeness (QED) is 0.380. The monoisotopic (exact) mass is 572 g/mol. The fourth-order valence-corrected chi connectivity index (χ4v) is 10.8. The number of ketones is 1. The maximum atomic E-state index is 13.4. The van der Waals surface area contributed by atoms with Crippen LogP contribution in [-0.2, 0) is 20.7 Å². The molecule has 9 unspecified atom stereocenters. The minimum Gasteiger partial charge on any atom is -0.366 e. The number of likely N-dealkylation sites (N-methyl/N-ethyl adjacent to an activating group) is 1. The fraction of sp³-hybridized carbons (Fsp3) is 0.730. The maximum absolute atomic E-state index is 13.4. The summed E-state index contributed by atoms with van der Waals surface area (Å²) in [6.45, 7) is 9.52. The number of likely N-dealkylation sites (tertiary alicyclic amines) is 1. The summed E-state index contributed by atoms with van der Waals surface area (Å²) in [5.41, 5.74) is 4.74. The SMILES string of the molecule is CC1=C2CC3C(CCC4CC(=O)CCC43C)C2CCC12CC1C(CC(C)CN1CC(=O)N(C)CCc1ccccc1)O2. The van der Waals surface area contributed by atoms with Crippen LogP contribution in [0.25, 0.3) is 0 Å². The van der Waals surface area contributed by atoms with Crippen molar-refractivity contribution in [2.45, 2.75) is 109 Å². The van der Waals surface area contributed by atoms with Crippen LogP contribution in [0.3, 0.4) is 0 Å². The van der Waals surface area contributed by atoms with Crippen LogP contribution in [-0.4, -0.2) is 65.9 Å². The lowest BCUT2D eigenvalue weighted by atomic mass is 9.52. The Morgan fingerprint density at radius 1 is 1.12 bits per heavy atom. The molecule has 1 aromatic rings. The first-order chi connectivity index (χ1) is 20.2. The number of carbonyl (C=O) groups is 2. The molecular weight excluding hydrogens is 520 g/mol. The van der Waals surface area contributed by atoms with Gasteiger partial charge in [0.1, 0.15) is 5.78 Å². The van der Waals surface area contributed by atoms with Crippen LogP contribution in [0.4, 0.5) is 0 Å². The molecule has 6 aliphatic rings. The van der Waals surface area contributed by atoms with Crippen LogP contribution in [0.15, 0.2) is 41.5 Å². The number of amides is 1. The van der Waals surface area contributed by atoms with Crippen LogP contribution in [0.5, 0.6) is 0 Å². The van der Waals surface area contributed by atoms with Crippen molar-refractivity contribution in [3.63, 3.8) is 0 Å². The van der Waals surface area contributed by atoms with Crippen LogP contribution in [0.1, 0.15) is 90.5 Å². The Labute approximate surface area is 253 Å². The van der Waals surface area contributed by atoms with E-state index in [1.165, 1.54) is 31.2 Å². The van der Waals surface area contributed by atoms with Crippen molar-refractivity contribution in [3.8, 4) is 0 Å². The third-order valence-electron chi connectivity index (χ3n) is 13.3. The molecule has 0 radical (unpaired) electrons. The van der Waals surface area contributed by atoms with Gasteiger partial charge in [-0.2, -0.15) is 0 Å². The topological polar surface area (TPSA) is 49.9 Å². The Bertz CT molecular complexity index is 1240. The molecule has 2 saturated heterocycles. The maximum Gasteiger partial charge on any atom is 0.236 e. The van der Waals surface area contributed by atoms with E-state index in [0.717, 1.165) is 75.8 Å². The molecular formula is C37H52N2O3. The molecule has 2 aliphatic heterocycles. The van der Waals surface area contributed by atoms with E-state index in [1.807, 2.05) is 18.0 Å². The molecule has 5 nitrogen and oxygen atoms in total. The van der Waals surface area contributed by atoms with E-state index >= 15 is 0 Å². The van der Waals surface area contributed by atoms with Gasteiger partial charge in [-0.25, -0.2) is 0 Å². The molecule has 1 amide bonds. The van der Waals surface area contributed by atoms with E-state index in [2.05, 4.69) is 49.9 Å². The predicted molar refractivity (Wildman–Crippen MR) is 166 cm³/mol. The molecule has 0 aromatic heterocycles. The van der Waals surface area contributed by atoms with Gasteiger partial charge in [0, 0.05) is 39.0 Å². The van der Waals surface area contributed by atoms with Gasteiger partial charge >= 0.3 is 0 Å². The molecule has 1 spiro atoms. The van der Waals surface area contributed by atoms with Gasteiger partial charge < -0.3 is 9.64 Å².